The van der Waals surface area contributed by atoms with Gasteiger partial charge < -0.3 is 10.6 Å². The average Bonchev–Trinajstić information content (AvgIpc) is 2.62. The lowest BCUT2D eigenvalue weighted by atomic mass is 9.97. The van der Waals surface area contributed by atoms with E-state index in [1.165, 1.54) is 16.7 Å². The molecule has 126 valence electrons. The number of rotatable bonds is 4. The molecule has 0 saturated carbocycles. The van der Waals surface area contributed by atoms with E-state index >= 15 is 0 Å². The van der Waals surface area contributed by atoms with Gasteiger partial charge >= 0.3 is 0 Å². The lowest BCUT2D eigenvalue weighted by Crippen LogP contribution is -2.33. The number of aryl methyl sites for hydroxylation is 1. The van der Waals surface area contributed by atoms with Crippen LogP contribution in [0.1, 0.15) is 22.7 Å². The zero-order valence-corrected chi connectivity index (χ0v) is 16.3. The summed E-state index contributed by atoms with van der Waals surface area (Å²) in [5.41, 5.74) is 4.54. The first-order chi connectivity index (χ1) is 12.1. The first kappa shape index (κ1) is 17.6. The summed E-state index contributed by atoms with van der Waals surface area (Å²) < 4.78 is 1.04. The van der Waals surface area contributed by atoms with Gasteiger partial charge in [-0.15, -0.1) is 0 Å². The third-order valence-corrected chi connectivity index (χ3v) is 4.63. The second-order valence-corrected chi connectivity index (χ2v) is 7.19. The molecule has 0 saturated heterocycles. The highest BCUT2D eigenvalue weighted by atomic mass is 79.9. The van der Waals surface area contributed by atoms with Crippen LogP contribution >= 0.6 is 28.1 Å². The predicted octanol–water partition coefficient (Wildman–Crippen LogP) is 5.83. The summed E-state index contributed by atoms with van der Waals surface area (Å²) in [7, 11) is 0. The Bertz CT molecular complexity index is 847. The van der Waals surface area contributed by atoms with Gasteiger partial charge in [-0.1, -0.05) is 76.1 Å². The largest absolute Gasteiger partial charge is 0.352 e. The van der Waals surface area contributed by atoms with Crippen LogP contribution in [0.3, 0.4) is 0 Å². The van der Waals surface area contributed by atoms with Crippen molar-refractivity contribution in [1.82, 2.24) is 5.32 Å². The number of nitrogens with one attached hydrogen (secondary N) is 2. The van der Waals surface area contributed by atoms with Crippen LogP contribution in [0.5, 0.6) is 0 Å². The van der Waals surface area contributed by atoms with Gasteiger partial charge in [0.2, 0.25) is 0 Å². The summed E-state index contributed by atoms with van der Waals surface area (Å²) in [6, 6.07) is 26.8. The Balaban J connectivity index is 1.82. The fourth-order valence-corrected chi connectivity index (χ4v) is 3.19. The van der Waals surface area contributed by atoms with Crippen LogP contribution < -0.4 is 10.6 Å². The number of anilines is 1. The van der Waals surface area contributed by atoms with Gasteiger partial charge in [0.05, 0.1) is 6.04 Å². The van der Waals surface area contributed by atoms with E-state index < -0.39 is 0 Å². The van der Waals surface area contributed by atoms with Gasteiger partial charge in [0.15, 0.2) is 5.11 Å². The SMILES string of the molecule is Cc1cccc(C(NC(=S)Nc2ccc(Br)cc2)c2ccccc2)c1. The highest BCUT2D eigenvalue weighted by molar-refractivity contribution is 9.10. The number of benzene rings is 3. The van der Waals surface area contributed by atoms with Crippen molar-refractivity contribution in [3.8, 4) is 0 Å². The van der Waals surface area contributed by atoms with Gasteiger partial charge in [0.1, 0.15) is 0 Å². The van der Waals surface area contributed by atoms with Crippen molar-refractivity contribution in [2.24, 2.45) is 0 Å². The fraction of sp³-hybridized carbons (Fsp3) is 0.0952. The molecule has 0 fully saturated rings. The normalized spacial score (nSPS) is 11.6. The third kappa shape index (κ3) is 4.91. The van der Waals surface area contributed by atoms with Crippen LogP contribution in [0, 0.1) is 6.92 Å². The second kappa shape index (κ2) is 8.28. The number of halogens is 1. The minimum atomic E-state index is -0.00320. The van der Waals surface area contributed by atoms with Gasteiger partial charge in [-0.05, 0) is 54.5 Å². The standard InChI is InChI=1S/C21H19BrN2S/c1-15-6-5-9-17(14-15)20(16-7-3-2-4-8-16)24-21(25)23-19-12-10-18(22)11-13-19/h2-14,20H,1H3,(H2,23,24,25). The fourth-order valence-electron chi connectivity index (χ4n) is 2.69. The summed E-state index contributed by atoms with van der Waals surface area (Å²) in [5.74, 6) is 0. The zero-order chi connectivity index (χ0) is 17.6. The van der Waals surface area contributed by atoms with Crippen molar-refractivity contribution in [3.63, 3.8) is 0 Å². The van der Waals surface area contributed by atoms with Crippen LogP contribution in [-0.4, -0.2) is 5.11 Å². The Morgan fingerprint density at radius 3 is 2.24 bits per heavy atom. The van der Waals surface area contributed by atoms with Crippen molar-refractivity contribution in [3.05, 3.63) is 100 Å². The lowest BCUT2D eigenvalue weighted by Gasteiger charge is -2.22. The minimum absolute atomic E-state index is 0.00320. The Labute approximate surface area is 162 Å². The molecule has 0 radical (unpaired) electrons. The molecule has 3 aromatic carbocycles. The first-order valence-electron chi connectivity index (χ1n) is 8.06. The molecular weight excluding hydrogens is 392 g/mol. The topological polar surface area (TPSA) is 24.1 Å². The monoisotopic (exact) mass is 410 g/mol. The smallest absolute Gasteiger partial charge is 0.171 e. The number of hydrogen-bond acceptors (Lipinski definition) is 1. The van der Waals surface area contributed by atoms with Crippen molar-refractivity contribution in [1.29, 1.82) is 0 Å². The van der Waals surface area contributed by atoms with E-state index in [0.717, 1.165) is 10.2 Å². The molecule has 25 heavy (non-hydrogen) atoms. The first-order valence-corrected chi connectivity index (χ1v) is 9.26. The number of hydrogen-bond donors (Lipinski definition) is 2. The van der Waals surface area contributed by atoms with E-state index in [1.54, 1.807) is 0 Å². The molecule has 0 heterocycles. The molecule has 3 rings (SSSR count). The molecule has 0 aliphatic rings. The molecule has 1 unspecified atom stereocenters. The van der Waals surface area contributed by atoms with E-state index in [-0.39, 0.29) is 6.04 Å². The highest BCUT2D eigenvalue weighted by Gasteiger charge is 2.15. The van der Waals surface area contributed by atoms with Crippen LogP contribution in [0.15, 0.2) is 83.3 Å². The minimum Gasteiger partial charge on any atom is -0.352 e. The van der Waals surface area contributed by atoms with E-state index in [1.807, 2.05) is 42.5 Å². The van der Waals surface area contributed by atoms with Crippen molar-refractivity contribution in [2.45, 2.75) is 13.0 Å². The molecule has 1 atom stereocenters. The van der Waals surface area contributed by atoms with Gasteiger partial charge in [-0.3, -0.25) is 0 Å². The van der Waals surface area contributed by atoms with Gasteiger partial charge in [0, 0.05) is 10.2 Å². The van der Waals surface area contributed by atoms with E-state index in [0.29, 0.717) is 5.11 Å². The average molecular weight is 411 g/mol. The zero-order valence-electron chi connectivity index (χ0n) is 13.9. The maximum absolute atomic E-state index is 5.54. The Morgan fingerprint density at radius 2 is 1.56 bits per heavy atom. The van der Waals surface area contributed by atoms with Gasteiger partial charge in [-0.25, -0.2) is 0 Å². The van der Waals surface area contributed by atoms with Crippen LogP contribution in [0.25, 0.3) is 0 Å². The maximum atomic E-state index is 5.54. The summed E-state index contributed by atoms with van der Waals surface area (Å²) in [4.78, 5) is 0. The van der Waals surface area contributed by atoms with Crippen LogP contribution in [-0.2, 0) is 0 Å². The van der Waals surface area contributed by atoms with Gasteiger partial charge in [-0.2, -0.15) is 0 Å². The molecule has 2 nitrogen and oxygen atoms in total. The van der Waals surface area contributed by atoms with Gasteiger partial charge in [0.25, 0.3) is 0 Å². The summed E-state index contributed by atoms with van der Waals surface area (Å²) in [5, 5.41) is 7.30. The third-order valence-electron chi connectivity index (χ3n) is 3.89. The summed E-state index contributed by atoms with van der Waals surface area (Å²) in [6.07, 6.45) is 0. The molecule has 0 spiro atoms. The molecule has 0 aromatic heterocycles. The van der Waals surface area contributed by atoms with E-state index in [2.05, 4.69) is 69.9 Å². The summed E-state index contributed by atoms with van der Waals surface area (Å²) in [6.45, 7) is 2.10. The molecule has 0 bridgehead atoms. The Morgan fingerprint density at radius 1 is 0.880 bits per heavy atom. The van der Waals surface area contributed by atoms with E-state index in [4.69, 9.17) is 12.2 Å². The molecular formula is C21H19BrN2S. The van der Waals surface area contributed by atoms with Crippen LogP contribution in [0.2, 0.25) is 0 Å². The molecule has 4 heteroatoms. The predicted molar refractivity (Wildman–Crippen MR) is 113 cm³/mol. The number of thiocarbonyl (C=S) groups is 1. The molecule has 3 aromatic rings. The second-order valence-electron chi connectivity index (χ2n) is 5.86. The molecule has 0 aliphatic carbocycles. The van der Waals surface area contributed by atoms with Crippen LogP contribution in [0.4, 0.5) is 5.69 Å². The maximum Gasteiger partial charge on any atom is 0.171 e. The van der Waals surface area contributed by atoms with Crippen molar-refractivity contribution < 1.29 is 0 Å². The van der Waals surface area contributed by atoms with Crippen molar-refractivity contribution >= 4 is 38.9 Å². The molecule has 0 aliphatic heterocycles. The summed E-state index contributed by atoms with van der Waals surface area (Å²) >= 11 is 8.99. The quantitative estimate of drug-likeness (QED) is 0.528. The Kier molecular flexibility index (Phi) is 5.84. The molecule has 0 amide bonds. The van der Waals surface area contributed by atoms with E-state index in [9.17, 15) is 0 Å². The molecule has 2 N–H and O–H groups in total. The lowest BCUT2D eigenvalue weighted by molar-refractivity contribution is 0.768. The highest BCUT2D eigenvalue weighted by Crippen LogP contribution is 2.23. The van der Waals surface area contributed by atoms with Crippen molar-refractivity contribution in [2.75, 3.05) is 5.32 Å². The Hall–Kier alpha value is -2.17.